The van der Waals surface area contributed by atoms with Gasteiger partial charge in [0.05, 0.1) is 25.4 Å². The second-order valence-electron chi connectivity index (χ2n) is 22.5. The van der Waals surface area contributed by atoms with E-state index in [1.54, 1.807) is 0 Å². The Labute approximate surface area is 444 Å². The summed E-state index contributed by atoms with van der Waals surface area (Å²) in [4.78, 5) is 24.6. The number of amides is 1. The van der Waals surface area contributed by atoms with Crippen molar-refractivity contribution in [3.05, 3.63) is 12.2 Å². The van der Waals surface area contributed by atoms with E-state index in [1.807, 2.05) is 0 Å². The van der Waals surface area contributed by atoms with Gasteiger partial charge in [-0.25, -0.2) is 0 Å². The van der Waals surface area contributed by atoms with Gasteiger partial charge in [-0.3, -0.25) is 9.59 Å². The number of unbranched alkanes of at least 4 members (excludes halogenated alkanes) is 48. The van der Waals surface area contributed by atoms with Crippen LogP contribution < -0.4 is 5.32 Å². The minimum Gasteiger partial charge on any atom is -0.466 e. The number of aliphatic hydroxyl groups excluding tert-OH is 2. The predicted octanol–water partition coefficient (Wildman–Crippen LogP) is 20.4. The first-order valence-corrected chi connectivity index (χ1v) is 32.4. The quantitative estimate of drug-likeness (QED) is 0.0320. The van der Waals surface area contributed by atoms with Gasteiger partial charge >= 0.3 is 5.97 Å². The second kappa shape index (κ2) is 61.1. The maximum atomic E-state index is 12.5. The van der Waals surface area contributed by atoms with Gasteiger partial charge in [0.1, 0.15) is 0 Å². The molecular weight excluding hydrogens is 875 g/mol. The number of esters is 1. The fraction of sp³-hybridized carbons (Fsp3) is 0.938. The van der Waals surface area contributed by atoms with Crippen molar-refractivity contribution in [3.63, 3.8) is 0 Å². The molecule has 6 nitrogen and oxygen atoms in total. The van der Waals surface area contributed by atoms with E-state index < -0.39 is 12.1 Å². The number of nitrogens with one attached hydrogen (secondary N) is 1. The summed E-state index contributed by atoms with van der Waals surface area (Å²) in [5.41, 5.74) is 0. The first kappa shape index (κ1) is 69.6. The van der Waals surface area contributed by atoms with Crippen molar-refractivity contribution in [3.8, 4) is 0 Å². The van der Waals surface area contributed by atoms with Gasteiger partial charge in [0.2, 0.25) is 5.91 Å². The average Bonchev–Trinajstić information content (AvgIpc) is 3.37. The summed E-state index contributed by atoms with van der Waals surface area (Å²) < 4.78 is 5.49. The highest BCUT2D eigenvalue weighted by Gasteiger charge is 2.20. The molecule has 0 aliphatic carbocycles. The maximum Gasteiger partial charge on any atom is 0.305 e. The van der Waals surface area contributed by atoms with Crippen LogP contribution in [-0.2, 0) is 14.3 Å². The highest BCUT2D eigenvalue weighted by atomic mass is 16.5. The Morgan fingerprint density at radius 2 is 0.662 bits per heavy atom. The fourth-order valence-electron chi connectivity index (χ4n) is 10.3. The predicted molar refractivity (Wildman–Crippen MR) is 310 cm³/mol. The molecule has 0 aliphatic heterocycles. The zero-order valence-corrected chi connectivity index (χ0v) is 48.2. The van der Waals surface area contributed by atoms with Crippen molar-refractivity contribution in [1.29, 1.82) is 0 Å². The molecule has 0 fully saturated rings. The van der Waals surface area contributed by atoms with Gasteiger partial charge < -0.3 is 20.3 Å². The summed E-state index contributed by atoms with van der Waals surface area (Å²) in [6.45, 7) is 4.98. The molecule has 0 aromatic rings. The molecule has 0 aliphatic rings. The molecule has 0 saturated heterocycles. The zero-order chi connectivity index (χ0) is 51.4. The van der Waals surface area contributed by atoms with Crippen LogP contribution in [0, 0.1) is 0 Å². The Morgan fingerprint density at radius 1 is 0.380 bits per heavy atom. The Kier molecular flexibility index (Phi) is 59.9. The highest BCUT2D eigenvalue weighted by molar-refractivity contribution is 5.76. The van der Waals surface area contributed by atoms with Gasteiger partial charge in [0.15, 0.2) is 0 Å². The second-order valence-corrected chi connectivity index (χ2v) is 22.5. The minimum absolute atomic E-state index is 0.0143. The summed E-state index contributed by atoms with van der Waals surface area (Å²) >= 11 is 0. The van der Waals surface area contributed by atoms with Crippen molar-refractivity contribution in [2.24, 2.45) is 0 Å². The number of carbonyl (C=O) groups excluding carboxylic acids is 2. The normalized spacial score (nSPS) is 12.6. The minimum atomic E-state index is -0.668. The third kappa shape index (κ3) is 57.7. The Bertz CT molecular complexity index is 1060. The van der Waals surface area contributed by atoms with Crippen LogP contribution in [0.4, 0.5) is 0 Å². The first-order valence-electron chi connectivity index (χ1n) is 32.4. The molecule has 0 spiro atoms. The van der Waals surface area contributed by atoms with Crippen LogP contribution in [0.15, 0.2) is 12.2 Å². The van der Waals surface area contributed by atoms with E-state index in [9.17, 15) is 19.8 Å². The van der Waals surface area contributed by atoms with Gasteiger partial charge in [-0.2, -0.15) is 0 Å². The van der Waals surface area contributed by atoms with Crippen molar-refractivity contribution in [1.82, 2.24) is 5.32 Å². The van der Waals surface area contributed by atoms with Crippen LogP contribution in [0.3, 0.4) is 0 Å². The average molecular weight is 1000 g/mol. The molecule has 0 bridgehead atoms. The summed E-state index contributed by atoms with van der Waals surface area (Å²) in [5.74, 6) is -0.0247. The molecule has 422 valence electrons. The summed E-state index contributed by atoms with van der Waals surface area (Å²) in [6, 6.07) is -0.546. The molecule has 1 amide bonds. The number of hydrogen-bond acceptors (Lipinski definition) is 5. The third-order valence-electron chi connectivity index (χ3n) is 15.3. The lowest BCUT2D eigenvalue weighted by Crippen LogP contribution is -2.45. The van der Waals surface area contributed by atoms with Gasteiger partial charge in [-0.15, -0.1) is 0 Å². The molecule has 2 unspecified atom stereocenters. The van der Waals surface area contributed by atoms with E-state index >= 15 is 0 Å². The van der Waals surface area contributed by atoms with Crippen LogP contribution in [0.2, 0.25) is 0 Å². The molecule has 2 atom stereocenters. The van der Waals surface area contributed by atoms with Crippen LogP contribution in [0.5, 0.6) is 0 Å². The standard InChI is InChI=1S/C65H127NO5/c1-3-5-7-9-11-13-15-17-19-29-33-37-41-45-49-53-57-63(68)62(61-67)66-64(69)58-54-50-46-42-38-34-30-27-25-23-21-22-24-26-28-32-36-40-44-48-52-56-60-71-65(70)59-55-51-47-43-39-35-31-20-18-16-14-12-10-8-6-4-2/h23,25,62-63,67-68H,3-22,24,26-61H2,1-2H3,(H,66,69)/b25-23-. The van der Waals surface area contributed by atoms with E-state index in [2.05, 4.69) is 31.3 Å². The van der Waals surface area contributed by atoms with Crippen molar-refractivity contribution in [2.45, 2.75) is 379 Å². The van der Waals surface area contributed by atoms with Gasteiger partial charge in [-0.1, -0.05) is 315 Å². The molecular formula is C65H127NO5. The first-order chi connectivity index (χ1) is 35.0. The lowest BCUT2D eigenvalue weighted by atomic mass is 10.0. The summed E-state index contributed by atoms with van der Waals surface area (Å²) in [5, 5.41) is 23.3. The molecule has 0 heterocycles. The van der Waals surface area contributed by atoms with E-state index in [0.29, 0.717) is 25.9 Å². The molecule has 6 heteroatoms. The van der Waals surface area contributed by atoms with Crippen LogP contribution in [0.25, 0.3) is 0 Å². The van der Waals surface area contributed by atoms with Crippen LogP contribution in [-0.4, -0.2) is 47.4 Å². The zero-order valence-electron chi connectivity index (χ0n) is 48.2. The number of rotatable bonds is 61. The van der Waals surface area contributed by atoms with Gasteiger partial charge in [-0.05, 0) is 51.4 Å². The number of ether oxygens (including phenoxy) is 1. The van der Waals surface area contributed by atoms with E-state index in [4.69, 9.17) is 4.74 Å². The molecule has 0 saturated carbocycles. The fourth-order valence-corrected chi connectivity index (χ4v) is 10.3. The topological polar surface area (TPSA) is 95.9 Å². The van der Waals surface area contributed by atoms with Crippen LogP contribution in [0.1, 0.15) is 367 Å². The van der Waals surface area contributed by atoms with Gasteiger partial charge in [0, 0.05) is 12.8 Å². The third-order valence-corrected chi connectivity index (χ3v) is 15.3. The molecule has 3 N–H and O–H groups in total. The Balaban J connectivity index is 3.39. The van der Waals surface area contributed by atoms with Crippen molar-refractivity contribution in [2.75, 3.05) is 13.2 Å². The molecule has 0 rings (SSSR count). The van der Waals surface area contributed by atoms with Crippen molar-refractivity contribution >= 4 is 11.9 Å². The maximum absolute atomic E-state index is 12.5. The molecule has 0 radical (unpaired) electrons. The number of allylic oxidation sites excluding steroid dienone is 2. The highest BCUT2D eigenvalue weighted by Crippen LogP contribution is 2.18. The monoisotopic (exact) mass is 1000 g/mol. The van der Waals surface area contributed by atoms with E-state index in [0.717, 1.165) is 38.5 Å². The van der Waals surface area contributed by atoms with Crippen LogP contribution >= 0.6 is 0 Å². The molecule has 0 aromatic heterocycles. The Morgan fingerprint density at radius 3 is 1.00 bits per heavy atom. The lowest BCUT2D eigenvalue weighted by molar-refractivity contribution is -0.143. The number of aliphatic hydroxyl groups is 2. The van der Waals surface area contributed by atoms with Crippen molar-refractivity contribution < 1.29 is 24.5 Å². The number of hydrogen-bond donors (Lipinski definition) is 3. The van der Waals surface area contributed by atoms with E-state index in [-0.39, 0.29) is 18.5 Å². The SMILES string of the molecule is CCCCCCCCCCCCCCCCCCC(=O)OCCCCCCCCCCCCC/C=C\CCCCCCCCCC(=O)NC(CO)C(O)CCCCCCCCCCCCCCCCCC. The lowest BCUT2D eigenvalue weighted by Gasteiger charge is -2.22. The number of carbonyl (C=O) groups is 2. The van der Waals surface area contributed by atoms with E-state index in [1.165, 1.54) is 295 Å². The summed E-state index contributed by atoms with van der Waals surface area (Å²) in [6.07, 6.45) is 73.7. The molecule has 71 heavy (non-hydrogen) atoms. The van der Waals surface area contributed by atoms with Gasteiger partial charge in [0.25, 0.3) is 0 Å². The molecule has 0 aromatic carbocycles. The summed E-state index contributed by atoms with van der Waals surface area (Å²) in [7, 11) is 0. The smallest absolute Gasteiger partial charge is 0.305 e. The largest absolute Gasteiger partial charge is 0.466 e. The Hall–Kier alpha value is -1.40.